The van der Waals surface area contributed by atoms with Crippen LogP contribution in [0.2, 0.25) is 0 Å². The smallest absolute Gasteiger partial charge is 0.382 e. The lowest BCUT2D eigenvalue weighted by molar-refractivity contribution is -0.137. The van der Waals surface area contributed by atoms with Crippen LogP contribution in [-0.4, -0.2) is 19.7 Å². The van der Waals surface area contributed by atoms with E-state index in [-0.39, 0.29) is 17.1 Å². The normalized spacial score (nSPS) is 23.4. The third kappa shape index (κ3) is 1.82. The molecule has 20 heavy (non-hydrogen) atoms. The van der Waals surface area contributed by atoms with E-state index in [0.717, 1.165) is 25.0 Å². The first-order valence-electron chi connectivity index (χ1n) is 6.46. The molecule has 0 unspecified atom stereocenters. The molecule has 1 heterocycles. The zero-order chi connectivity index (χ0) is 14.6. The van der Waals surface area contributed by atoms with Crippen molar-refractivity contribution < 1.29 is 21.6 Å². The lowest BCUT2D eigenvalue weighted by Gasteiger charge is -2.35. The number of rotatable bonds is 0. The summed E-state index contributed by atoms with van der Waals surface area (Å²) in [5.41, 5.74) is -0.646. The molecule has 1 aliphatic heterocycles. The lowest BCUT2D eigenvalue weighted by atomic mass is 10.1. The molecule has 1 aromatic carbocycles. The molecule has 1 N–H and O–H groups in total. The molecule has 0 aromatic heterocycles. The van der Waals surface area contributed by atoms with Gasteiger partial charge < -0.3 is 5.32 Å². The summed E-state index contributed by atoms with van der Waals surface area (Å²) in [4.78, 5) is -0.208. The number of anilines is 1. The second kappa shape index (κ2) is 4.13. The molecule has 0 bridgehead atoms. The topological polar surface area (TPSA) is 46.2 Å². The SMILES string of the molecule is O=S1(=O)c2cc(C(F)(F)F)ccc2NCC12CCCC2. The van der Waals surface area contributed by atoms with Gasteiger partial charge in [-0.1, -0.05) is 12.8 Å². The van der Waals surface area contributed by atoms with Crippen LogP contribution < -0.4 is 5.32 Å². The first-order valence-corrected chi connectivity index (χ1v) is 7.94. The van der Waals surface area contributed by atoms with Crippen LogP contribution in [-0.2, 0) is 16.0 Å². The van der Waals surface area contributed by atoms with Crippen molar-refractivity contribution in [2.24, 2.45) is 0 Å². The zero-order valence-electron chi connectivity index (χ0n) is 10.6. The van der Waals surface area contributed by atoms with Gasteiger partial charge in [-0.15, -0.1) is 0 Å². The molecule has 1 fully saturated rings. The van der Waals surface area contributed by atoms with Crippen molar-refractivity contribution in [3.05, 3.63) is 23.8 Å². The van der Waals surface area contributed by atoms with Gasteiger partial charge in [-0.25, -0.2) is 8.42 Å². The third-order valence-corrected chi connectivity index (χ3v) is 6.89. The minimum Gasteiger partial charge on any atom is -0.382 e. The van der Waals surface area contributed by atoms with Crippen molar-refractivity contribution in [2.45, 2.75) is 41.5 Å². The second-order valence-electron chi connectivity index (χ2n) is 5.46. The molecule has 0 radical (unpaired) electrons. The molecule has 110 valence electrons. The van der Waals surface area contributed by atoms with E-state index in [9.17, 15) is 21.6 Å². The molecule has 2 aliphatic rings. The van der Waals surface area contributed by atoms with Crippen LogP contribution in [0.4, 0.5) is 18.9 Å². The molecule has 1 aliphatic carbocycles. The van der Waals surface area contributed by atoms with Gasteiger partial charge in [0.2, 0.25) is 0 Å². The highest BCUT2D eigenvalue weighted by molar-refractivity contribution is 7.93. The summed E-state index contributed by atoms with van der Waals surface area (Å²) in [6.07, 6.45) is -1.91. The minimum atomic E-state index is -4.54. The van der Waals surface area contributed by atoms with Gasteiger partial charge in [-0.3, -0.25) is 0 Å². The average molecular weight is 305 g/mol. The Morgan fingerprint density at radius 3 is 2.40 bits per heavy atom. The second-order valence-corrected chi connectivity index (χ2v) is 7.77. The maximum atomic E-state index is 12.8. The molecule has 3 rings (SSSR count). The van der Waals surface area contributed by atoms with Crippen LogP contribution in [0.5, 0.6) is 0 Å². The van der Waals surface area contributed by atoms with E-state index in [1.54, 1.807) is 0 Å². The van der Waals surface area contributed by atoms with Crippen molar-refractivity contribution >= 4 is 15.5 Å². The number of fused-ring (bicyclic) bond motifs is 1. The summed E-state index contributed by atoms with van der Waals surface area (Å²) < 4.78 is 62.8. The van der Waals surface area contributed by atoms with E-state index in [0.29, 0.717) is 12.8 Å². The van der Waals surface area contributed by atoms with E-state index >= 15 is 0 Å². The average Bonchev–Trinajstić information content (AvgIpc) is 2.84. The highest BCUT2D eigenvalue weighted by atomic mass is 32.2. The first-order chi connectivity index (χ1) is 9.26. The van der Waals surface area contributed by atoms with Gasteiger partial charge in [-0.2, -0.15) is 13.2 Å². The number of benzene rings is 1. The lowest BCUT2D eigenvalue weighted by Crippen LogP contribution is -2.46. The minimum absolute atomic E-state index is 0.208. The van der Waals surface area contributed by atoms with Gasteiger partial charge in [0.1, 0.15) is 0 Å². The van der Waals surface area contributed by atoms with E-state index in [4.69, 9.17) is 0 Å². The predicted molar refractivity (Wildman–Crippen MR) is 68.3 cm³/mol. The van der Waals surface area contributed by atoms with Gasteiger partial charge in [0.15, 0.2) is 9.84 Å². The number of nitrogens with one attached hydrogen (secondary N) is 1. The van der Waals surface area contributed by atoms with Crippen LogP contribution in [0.3, 0.4) is 0 Å². The number of alkyl halides is 3. The largest absolute Gasteiger partial charge is 0.416 e. The van der Waals surface area contributed by atoms with Crippen molar-refractivity contribution in [1.82, 2.24) is 0 Å². The number of sulfone groups is 1. The molecule has 0 saturated heterocycles. The van der Waals surface area contributed by atoms with E-state index in [2.05, 4.69) is 5.32 Å². The molecular weight excluding hydrogens is 291 g/mol. The zero-order valence-corrected chi connectivity index (χ0v) is 11.4. The first kappa shape index (κ1) is 13.7. The van der Waals surface area contributed by atoms with Crippen LogP contribution in [0.15, 0.2) is 23.1 Å². The molecule has 7 heteroatoms. The molecule has 1 saturated carbocycles. The van der Waals surface area contributed by atoms with Crippen molar-refractivity contribution in [1.29, 1.82) is 0 Å². The molecule has 0 atom stereocenters. The molecule has 0 amide bonds. The quantitative estimate of drug-likeness (QED) is 0.800. The van der Waals surface area contributed by atoms with Crippen LogP contribution >= 0.6 is 0 Å². The Labute approximate surface area is 115 Å². The Morgan fingerprint density at radius 1 is 1.15 bits per heavy atom. The molecule has 1 spiro atoms. The fraction of sp³-hybridized carbons (Fsp3) is 0.538. The Kier molecular flexibility index (Phi) is 2.83. The molecular formula is C13H14F3NO2S. The summed E-state index contributed by atoms with van der Waals surface area (Å²) >= 11 is 0. The summed E-state index contributed by atoms with van der Waals surface area (Å²) in [5.74, 6) is 0. The van der Waals surface area contributed by atoms with E-state index in [1.807, 2.05) is 0 Å². The maximum Gasteiger partial charge on any atom is 0.416 e. The van der Waals surface area contributed by atoms with Crippen molar-refractivity contribution in [3.8, 4) is 0 Å². The fourth-order valence-corrected chi connectivity index (χ4v) is 5.38. The number of halogens is 3. The standard InChI is InChI=1S/C13H14F3NO2S/c14-13(15,16)9-3-4-10-11(7-9)20(18,19)12(8-17-10)5-1-2-6-12/h3-4,7,17H,1-2,5-6,8H2. The van der Waals surface area contributed by atoms with Crippen molar-refractivity contribution in [2.75, 3.05) is 11.9 Å². The highest BCUT2D eigenvalue weighted by Gasteiger charge is 2.50. The molecule has 3 nitrogen and oxygen atoms in total. The fourth-order valence-electron chi connectivity index (χ4n) is 3.12. The van der Waals surface area contributed by atoms with Crippen LogP contribution in [0.25, 0.3) is 0 Å². The number of hydrogen-bond acceptors (Lipinski definition) is 3. The summed E-state index contributed by atoms with van der Waals surface area (Å²) in [7, 11) is -3.73. The predicted octanol–water partition coefficient (Wildman–Crippen LogP) is 3.22. The summed E-state index contributed by atoms with van der Waals surface area (Å²) in [6.45, 7) is 0.285. The Hall–Kier alpha value is -1.24. The monoisotopic (exact) mass is 305 g/mol. The summed E-state index contributed by atoms with van der Waals surface area (Å²) in [5, 5.41) is 2.98. The van der Waals surface area contributed by atoms with Gasteiger partial charge in [0.05, 0.1) is 20.9 Å². The van der Waals surface area contributed by atoms with Crippen LogP contribution in [0.1, 0.15) is 31.2 Å². The Bertz CT molecular complexity index is 646. The third-order valence-electron chi connectivity index (χ3n) is 4.28. The highest BCUT2D eigenvalue weighted by Crippen LogP contribution is 2.46. The van der Waals surface area contributed by atoms with E-state index < -0.39 is 26.3 Å². The van der Waals surface area contributed by atoms with Gasteiger partial charge >= 0.3 is 6.18 Å². The van der Waals surface area contributed by atoms with Gasteiger partial charge in [0.25, 0.3) is 0 Å². The van der Waals surface area contributed by atoms with Crippen LogP contribution in [0, 0.1) is 0 Å². The molecule has 1 aromatic rings. The van der Waals surface area contributed by atoms with Gasteiger partial charge in [-0.05, 0) is 31.0 Å². The Balaban J connectivity index is 2.16. The number of hydrogen-bond donors (Lipinski definition) is 1. The summed E-state index contributed by atoms with van der Waals surface area (Å²) in [6, 6.07) is 2.88. The van der Waals surface area contributed by atoms with E-state index in [1.165, 1.54) is 6.07 Å². The Morgan fingerprint density at radius 2 is 1.80 bits per heavy atom. The maximum absolute atomic E-state index is 12.8. The van der Waals surface area contributed by atoms with Gasteiger partial charge in [0, 0.05) is 6.54 Å². The van der Waals surface area contributed by atoms with Crippen molar-refractivity contribution in [3.63, 3.8) is 0 Å².